The van der Waals surface area contributed by atoms with Crippen LogP contribution in [0.25, 0.3) is 0 Å². The van der Waals surface area contributed by atoms with Crippen molar-refractivity contribution in [3.63, 3.8) is 0 Å². The number of hydrogen-bond acceptors (Lipinski definition) is 4. The van der Waals surface area contributed by atoms with Crippen molar-refractivity contribution in [3.8, 4) is 17.9 Å². The smallest absolute Gasteiger partial charge is 0.263 e. The summed E-state index contributed by atoms with van der Waals surface area (Å²) in [6, 6.07) is 10.8. The van der Waals surface area contributed by atoms with Gasteiger partial charge in [-0.3, -0.25) is 4.79 Å². The Morgan fingerprint density at radius 2 is 1.90 bits per heavy atom. The van der Waals surface area contributed by atoms with Gasteiger partial charge in [-0.15, -0.1) is 0 Å². The molecule has 0 saturated carbocycles. The lowest BCUT2D eigenvalue weighted by molar-refractivity contribution is -0.138. The molecule has 1 aromatic rings. The third-order valence-corrected chi connectivity index (χ3v) is 3.05. The largest absolute Gasteiger partial charge is 0.481 e. The molecule has 0 aliphatic heterocycles. The van der Waals surface area contributed by atoms with Crippen molar-refractivity contribution < 1.29 is 9.53 Å². The first-order chi connectivity index (χ1) is 10.0. The van der Waals surface area contributed by atoms with Gasteiger partial charge < -0.3 is 9.64 Å². The lowest BCUT2D eigenvalue weighted by Crippen LogP contribution is -2.42. The number of carbonyl (C=O) groups is 1. The summed E-state index contributed by atoms with van der Waals surface area (Å²) < 4.78 is 5.59. The second-order valence-corrected chi connectivity index (χ2v) is 4.80. The van der Waals surface area contributed by atoms with Crippen LogP contribution in [0.4, 0.5) is 0 Å². The van der Waals surface area contributed by atoms with Crippen LogP contribution in [0, 0.1) is 28.6 Å². The average Bonchev–Trinajstić information content (AvgIpc) is 2.52. The van der Waals surface area contributed by atoms with E-state index >= 15 is 0 Å². The molecular weight excluding hydrogens is 266 g/mol. The van der Waals surface area contributed by atoms with Crippen LogP contribution in [0.5, 0.6) is 5.75 Å². The van der Waals surface area contributed by atoms with Crippen molar-refractivity contribution in [3.05, 3.63) is 29.8 Å². The summed E-state index contributed by atoms with van der Waals surface area (Å²) in [5.74, 6) is 0.180. The minimum absolute atomic E-state index is 0.149. The minimum Gasteiger partial charge on any atom is -0.481 e. The predicted molar refractivity (Wildman–Crippen MR) is 78.3 cm³/mol. The summed E-state index contributed by atoms with van der Waals surface area (Å²) in [7, 11) is 0. The molecule has 0 N–H and O–H groups in total. The predicted octanol–water partition coefficient (Wildman–Crippen LogP) is 2.33. The lowest BCUT2D eigenvalue weighted by atomic mass is 10.2. The molecule has 0 saturated heterocycles. The van der Waals surface area contributed by atoms with Crippen molar-refractivity contribution >= 4 is 5.91 Å². The first-order valence-electron chi connectivity index (χ1n) is 6.87. The summed E-state index contributed by atoms with van der Waals surface area (Å²) in [4.78, 5) is 13.9. The zero-order valence-corrected chi connectivity index (χ0v) is 12.5. The normalized spacial score (nSPS) is 12.6. The SMILES string of the molecule is CCN(C[C@@H](C)C#N)C(=O)[C@@H](C)Oc1ccc(C#N)cc1. The fourth-order valence-electron chi connectivity index (χ4n) is 1.87. The highest BCUT2D eigenvalue weighted by Gasteiger charge is 2.22. The molecule has 0 aromatic heterocycles. The van der Waals surface area contributed by atoms with E-state index < -0.39 is 6.10 Å². The van der Waals surface area contributed by atoms with E-state index in [2.05, 4.69) is 6.07 Å². The Morgan fingerprint density at radius 3 is 2.38 bits per heavy atom. The maximum Gasteiger partial charge on any atom is 0.263 e. The molecule has 5 nitrogen and oxygen atoms in total. The molecule has 5 heteroatoms. The zero-order chi connectivity index (χ0) is 15.8. The van der Waals surface area contributed by atoms with E-state index in [1.807, 2.05) is 13.0 Å². The van der Waals surface area contributed by atoms with Gasteiger partial charge in [0.2, 0.25) is 0 Å². The van der Waals surface area contributed by atoms with Crippen molar-refractivity contribution in [2.75, 3.05) is 13.1 Å². The topological polar surface area (TPSA) is 77.1 Å². The van der Waals surface area contributed by atoms with E-state index in [4.69, 9.17) is 15.3 Å². The van der Waals surface area contributed by atoms with Gasteiger partial charge in [-0.25, -0.2) is 0 Å². The molecular formula is C16H19N3O2. The molecule has 21 heavy (non-hydrogen) atoms. The van der Waals surface area contributed by atoms with Crippen LogP contribution in [0.15, 0.2) is 24.3 Å². The van der Waals surface area contributed by atoms with E-state index in [0.717, 1.165) is 0 Å². The molecule has 0 aliphatic carbocycles. The van der Waals surface area contributed by atoms with Crippen molar-refractivity contribution in [1.82, 2.24) is 4.90 Å². The van der Waals surface area contributed by atoms with E-state index in [0.29, 0.717) is 24.4 Å². The molecule has 0 heterocycles. The zero-order valence-electron chi connectivity index (χ0n) is 12.5. The third-order valence-electron chi connectivity index (χ3n) is 3.05. The van der Waals surface area contributed by atoms with Gasteiger partial charge in [0.05, 0.1) is 23.6 Å². The quantitative estimate of drug-likeness (QED) is 0.803. The summed E-state index contributed by atoms with van der Waals surface area (Å²) in [5.41, 5.74) is 0.541. The van der Waals surface area contributed by atoms with Crippen LogP contribution in [-0.4, -0.2) is 30.0 Å². The first-order valence-corrected chi connectivity index (χ1v) is 6.87. The molecule has 0 unspecified atom stereocenters. The highest BCUT2D eigenvalue weighted by Crippen LogP contribution is 2.14. The van der Waals surface area contributed by atoms with Crippen molar-refractivity contribution in [1.29, 1.82) is 10.5 Å². The standard InChI is InChI=1S/C16H19N3O2/c1-4-19(11-12(2)9-17)16(20)13(3)21-15-7-5-14(10-18)6-8-15/h5-8,12-13H,4,11H2,1-3H3/t12-,13+/m0/s1. The lowest BCUT2D eigenvalue weighted by Gasteiger charge is -2.25. The second kappa shape index (κ2) is 7.91. The average molecular weight is 285 g/mol. The molecule has 0 bridgehead atoms. The van der Waals surface area contributed by atoms with Crippen LogP contribution >= 0.6 is 0 Å². The van der Waals surface area contributed by atoms with Gasteiger partial charge in [0.25, 0.3) is 5.91 Å². The monoisotopic (exact) mass is 285 g/mol. The van der Waals surface area contributed by atoms with E-state index in [1.54, 1.807) is 43.0 Å². The van der Waals surface area contributed by atoms with Gasteiger partial charge in [-0.05, 0) is 45.0 Å². The Hall–Kier alpha value is -2.53. The number of nitrogens with zero attached hydrogens (tertiary/aromatic N) is 3. The van der Waals surface area contributed by atoms with Crippen LogP contribution in [0.2, 0.25) is 0 Å². The number of likely N-dealkylation sites (N-methyl/N-ethyl adjacent to an activating group) is 1. The molecule has 0 radical (unpaired) electrons. The van der Waals surface area contributed by atoms with Crippen LogP contribution in [0.1, 0.15) is 26.3 Å². The number of ether oxygens (including phenoxy) is 1. The number of amides is 1. The molecule has 1 amide bonds. The Labute approximate surface area is 125 Å². The van der Waals surface area contributed by atoms with Gasteiger partial charge in [-0.1, -0.05) is 0 Å². The number of nitriles is 2. The molecule has 110 valence electrons. The second-order valence-electron chi connectivity index (χ2n) is 4.80. The summed E-state index contributed by atoms with van der Waals surface area (Å²) >= 11 is 0. The number of carbonyl (C=O) groups excluding carboxylic acids is 1. The van der Waals surface area contributed by atoms with Crippen LogP contribution in [0.3, 0.4) is 0 Å². The van der Waals surface area contributed by atoms with E-state index in [1.165, 1.54) is 0 Å². The van der Waals surface area contributed by atoms with Gasteiger partial charge in [0.1, 0.15) is 5.75 Å². The molecule has 0 aliphatic rings. The first kappa shape index (κ1) is 16.5. The van der Waals surface area contributed by atoms with Gasteiger partial charge in [0.15, 0.2) is 6.10 Å². The highest BCUT2D eigenvalue weighted by atomic mass is 16.5. The minimum atomic E-state index is -0.635. The van der Waals surface area contributed by atoms with E-state index in [-0.39, 0.29) is 11.8 Å². The van der Waals surface area contributed by atoms with Crippen molar-refractivity contribution in [2.45, 2.75) is 26.9 Å². The molecule has 0 spiro atoms. The summed E-state index contributed by atoms with van der Waals surface area (Å²) in [6.45, 7) is 6.26. The Morgan fingerprint density at radius 1 is 1.29 bits per heavy atom. The fraction of sp³-hybridized carbons (Fsp3) is 0.438. The number of benzene rings is 1. The van der Waals surface area contributed by atoms with Crippen LogP contribution < -0.4 is 4.74 Å². The molecule has 1 rings (SSSR count). The number of rotatable bonds is 6. The fourth-order valence-corrected chi connectivity index (χ4v) is 1.87. The van der Waals surface area contributed by atoms with E-state index in [9.17, 15) is 4.79 Å². The molecule has 2 atom stereocenters. The van der Waals surface area contributed by atoms with Crippen molar-refractivity contribution in [2.24, 2.45) is 5.92 Å². The Balaban J connectivity index is 2.68. The van der Waals surface area contributed by atoms with Gasteiger partial charge in [-0.2, -0.15) is 10.5 Å². The maximum atomic E-state index is 12.3. The summed E-state index contributed by atoms with van der Waals surface area (Å²) in [5, 5.41) is 17.6. The van der Waals surface area contributed by atoms with Gasteiger partial charge >= 0.3 is 0 Å². The van der Waals surface area contributed by atoms with Gasteiger partial charge in [0, 0.05) is 13.1 Å². The summed E-state index contributed by atoms with van der Waals surface area (Å²) in [6.07, 6.45) is -0.635. The highest BCUT2D eigenvalue weighted by molar-refractivity contribution is 5.80. The molecule has 1 aromatic carbocycles. The van der Waals surface area contributed by atoms with Crippen LogP contribution in [-0.2, 0) is 4.79 Å². The number of hydrogen-bond donors (Lipinski definition) is 0. The third kappa shape index (κ3) is 4.81. The maximum absolute atomic E-state index is 12.3. The Bertz CT molecular complexity index is 554. The molecule has 0 fully saturated rings. The Kier molecular flexibility index (Phi) is 6.23.